The summed E-state index contributed by atoms with van der Waals surface area (Å²) in [4.78, 5) is 41.0. The molecule has 0 aliphatic heterocycles. The first-order valence-corrected chi connectivity index (χ1v) is 16.5. The molecular weight excluding hydrogens is 700 g/mol. The monoisotopic (exact) mass is 716 g/mol. The van der Waals surface area contributed by atoms with Crippen LogP contribution < -0.4 is 19.6 Å². The standard InChI is InChI=1S/C31H14N4O13S2/c32-34-25-28(37)21-13-19(9-11-23(21)45-30(25)39)49(41,42)47-17-5-1-15(2-6-17)27(36)16-3-7-18(8-4-16)48-50(43,44)20-10-12-24-22(14-20)29(38)26(35-33)31(40)46-24/h1-14H/p+2. The normalized spacial score (nSPS) is 11.5. The van der Waals surface area contributed by atoms with Crippen molar-refractivity contribution < 1.29 is 49.0 Å². The number of hydrogen-bond acceptors (Lipinski definition) is 15. The van der Waals surface area contributed by atoms with Crippen LogP contribution in [0.4, 0.5) is 11.4 Å². The van der Waals surface area contributed by atoms with E-state index in [1.165, 1.54) is 48.5 Å². The second-order valence-electron chi connectivity index (χ2n) is 10.1. The third-order valence-corrected chi connectivity index (χ3v) is 9.56. The third-order valence-electron chi connectivity index (χ3n) is 7.08. The van der Waals surface area contributed by atoms with E-state index in [2.05, 4.69) is 9.95 Å². The Morgan fingerprint density at radius 1 is 0.600 bits per heavy atom. The van der Waals surface area contributed by atoms with Gasteiger partial charge in [-0.15, -0.1) is 0 Å². The Labute approximate surface area is 278 Å². The van der Waals surface area contributed by atoms with E-state index in [1.807, 2.05) is 0 Å². The number of hydrogen-bond donors (Lipinski definition) is 2. The van der Waals surface area contributed by atoms with Crippen LogP contribution in [0.5, 0.6) is 23.0 Å². The van der Waals surface area contributed by atoms with Crippen LogP contribution in [-0.2, 0) is 20.2 Å². The molecule has 0 unspecified atom stereocenters. The zero-order valence-corrected chi connectivity index (χ0v) is 26.2. The fourth-order valence-corrected chi connectivity index (χ4v) is 6.55. The summed E-state index contributed by atoms with van der Waals surface area (Å²) in [5.74, 6) is -2.51. The molecule has 0 saturated heterocycles. The van der Waals surface area contributed by atoms with Crippen LogP contribution in [0.3, 0.4) is 0 Å². The fourth-order valence-electron chi connectivity index (χ4n) is 4.64. The molecule has 2 heterocycles. The fraction of sp³-hybridized carbons (Fsp3) is 0. The number of carbonyl (C=O) groups excluding carboxylic acids is 1. The smallest absolute Gasteiger partial charge is 0.501 e. The van der Waals surface area contributed by atoms with Crippen molar-refractivity contribution in [2.45, 2.75) is 9.79 Å². The summed E-state index contributed by atoms with van der Waals surface area (Å²) >= 11 is 0. The van der Waals surface area contributed by atoms with Gasteiger partial charge in [0.05, 0.1) is 10.8 Å². The Morgan fingerprint density at radius 3 is 1.30 bits per heavy atom. The zero-order valence-electron chi connectivity index (χ0n) is 24.6. The molecule has 0 radical (unpaired) electrons. The van der Waals surface area contributed by atoms with E-state index in [4.69, 9.17) is 28.0 Å². The molecule has 0 spiro atoms. The topological polar surface area (TPSA) is 261 Å². The zero-order chi connectivity index (χ0) is 36.0. The minimum absolute atomic E-state index is 0.110. The summed E-state index contributed by atoms with van der Waals surface area (Å²) in [5.41, 5.74) is -4.08. The van der Waals surface area contributed by atoms with Gasteiger partial charge in [-0.3, -0.25) is 4.79 Å². The van der Waals surface area contributed by atoms with E-state index >= 15 is 0 Å². The Hall–Kier alpha value is -7.09. The molecule has 6 rings (SSSR count). The highest BCUT2D eigenvalue weighted by molar-refractivity contribution is 7.87. The highest BCUT2D eigenvalue weighted by Gasteiger charge is 2.28. The van der Waals surface area contributed by atoms with Crippen molar-refractivity contribution in [1.82, 2.24) is 0 Å². The van der Waals surface area contributed by atoms with Crippen molar-refractivity contribution in [1.29, 1.82) is 10.8 Å². The largest absolute Gasteiger partial charge is 0.510 e. The molecule has 0 saturated carbocycles. The second-order valence-corrected chi connectivity index (χ2v) is 13.2. The van der Waals surface area contributed by atoms with Crippen LogP contribution in [0, 0.1) is 10.8 Å². The van der Waals surface area contributed by atoms with E-state index in [9.17, 15) is 41.4 Å². The van der Waals surface area contributed by atoms with E-state index < -0.39 is 69.9 Å². The molecule has 0 amide bonds. The molecule has 248 valence electrons. The van der Waals surface area contributed by atoms with Crippen LogP contribution in [0.2, 0.25) is 0 Å². The molecule has 0 aliphatic carbocycles. The Bertz CT molecular complexity index is 2640. The Kier molecular flexibility index (Phi) is 7.99. The SMILES string of the molecule is N#[N+]c1c(O)c2cc(S(=O)(=O)Oc3ccc(C(=O)c4ccc(OS(=O)(=O)c5ccc6oc(=O)c([N+]#N)c(O)c6c5)cc4)cc3)ccc2oc1=O. The molecule has 6 aromatic rings. The number of ketones is 1. The predicted octanol–water partition coefficient (Wildman–Crippen LogP) is 5.05. The van der Waals surface area contributed by atoms with Gasteiger partial charge in [0.15, 0.2) is 15.7 Å². The lowest BCUT2D eigenvalue weighted by Gasteiger charge is -2.09. The van der Waals surface area contributed by atoms with Crippen molar-refractivity contribution in [3.05, 3.63) is 127 Å². The third kappa shape index (κ3) is 5.92. The number of diazo groups is 2. The van der Waals surface area contributed by atoms with Gasteiger partial charge in [-0.25, -0.2) is 9.59 Å². The van der Waals surface area contributed by atoms with Gasteiger partial charge >= 0.3 is 42.9 Å². The van der Waals surface area contributed by atoms with Crippen LogP contribution >= 0.6 is 0 Å². The summed E-state index contributed by atoms with van der Waals surface area (Å²) in [5, 5.41) is 37.9. The lowest BCUT2D eigenvalue weighted by atomic mass is 10.0. The Balaban J connectivity index is 1.16. The molecule has 4 aromatic carbocycles. The Morgan fingerprint density at radius 2 is 0.960 bits per heavy atom. The molecule has 2 N–H and O–H groups in total. The number of fused-ring (bicyclic) bond motifs is 2. The minimum Gasteiger partial charge on any atom is -0.501 e. The van der Waals surface area contributed by atoms with E-state index in [0.29, 0.717) is 0 Å². The van der Waals surface area contributed by atoms with Crippen molar-refractivity contribution in [2.75, 3.05) is 0 Å². The van der Waals surface area contributed by atoms with E-state index in [-0.39, 0.29) is 44.6 Å². The lowest BCUT2D eigenvalue weighted by Crippen LogP contribution is -2.10. The average Bonchev–Trinajstić information content (AvgIpc) is 3.08. The molecule has 0 fully saturated rings. The summed E-state index contributed by atoms with van der Waals surface area (Å²) in [6.45, 7) is 0. The highest BCUT2D eigenvalue weighted by Crippen LogP contribution is 2.35. The van der Waals surface area contributed by atoms with Crippen LogP contribution in [0.25, 0.3) is 31.9 Å². The molecule has 0 atom stereocenters. The molecule has 50 heavy (non-hydrogen) atoms. The van der Waals surface area contributed by atoms with Gasteiger partial charge in [0.2, 0.25) is 22.3 Å². The van der Waals surface area contributed by atoms with E-state index in [1.54, 1.807) is 0 Å². The van der Waals surface area contributed by atoms with Gasteiger partial charge in [-0.1, -0.05) is 0 Å². The maximum absolute atomic E-state index is 13.1. The summed E-state index contributed by atoms with van der Waals surface area (Å²) in [6.07, 6.45) is 0. The van der Waals surface area contributed by atoms with Crippen LogP contribution in [0.15, 0.2) is 113 Å². The van der Waals surface area contributed by atoms with Gasteiger partial charge in [0.1, 0.15) is 32.5 Å². The summed E-state index contributed by atoms with van der Waals surface area (Å²) in [7, 11) is -9.02. The maximum atomic E-state index is 13.1. The summed E-state index contributed by atoms with van der Waals surface area (Å²) < 4.78 is 71.7. The van der Waals surface area contributed by atoms with Crippen molar-refractivity contribution in [3.63, 3.8) is 0 Å². The molecule has 0 aliphatic rings. The molecule has 0 bridgehead atoms. The van der Waals surface area contributed by atoms with E-state index in [0.717, 1.165) is 36.4 Å². The highest BCUT2D eigenvalue weighted by atomic mass is 32.2. The number of carbonyl (C=O) groups is 1. The quantitative estimate of drug-likeness (QED) is 0.0904. The molecule has 2 aromatic heterocycles. The van der Waals surface area contributed by atoms with Crippen LogP contribution in [-0.4, -0.2) is 32.8 Å². The van der Waals surface area contributed by atoms with Gasteiger partial charge in [-0.2, -0.15) is 16.8 Å². The first-order valence-electron chi connectivity index (χ1n) is 13.7. The molecular formula is C31H16N4O13S2+2. The van der Waals surface area contributed by atoms with Crippen molar-refractivity contribution in [3.8, 4) is 23.0 Å². The van der Waals surface area contributed by atoms with Gasteiger partial charge in [-0.05, 0) is 84.9 Å². The summed E-state index contributed by atoms with van der Waals surface area (Å²) in [6, 6.07) is 16.2. The van der Waals surface area contributed by atoms with Gasteiger partial charge < -0.3 is 27.4 Å². The number of aromatic hydroxyl groups is 2. The second kappa shape index (κ2) is 12.2. The average molecular weight is 717 g/mol. The maximum Gasteiger partial charge on any atom is 0.510 e. The molecule has 17 nitrogen and oxygen atoms in total. The first kappa shape index (κ1) is 32.8. The lowest BCUT2D eigenvalue weighted by molar-refractivity contribution is 0.103. The van der Waals surface area contributed by atoms with Gasteiger partial charge in [0.25, 0.3) is 0 Å². The van der Waals surface area contributed by atoms with Crippen LogP contribution in [0.1, 0.15) is 15.9 Å². The predicted molar refractivity (Wildman–Crippen MR) is 170 cm³/mol. The number of nitrogens with zero attached hydrogens (tertiary/aromatic N) is 4. The molecule has 19 heteroatoms. The van der Waals surface area contributed by atoms with Crippen molar-refractivity contribution >= 4 is 59.3 Å². The number of benzene rings is 4. The minimum atomic E-state index is -4.51. The number of rotatable bonds is 8. The van der Waals surface area contributed by atoms with Gasteiger partial charge in [0, 0.05) is 11.1 Å². The van der Waals surface area contributed by atoms with Crippen molar-refractivity contribution in [2.24, 2.45) is 0 Å². The first-order chi connectivity index (χ1) is 23.7.